The van der Waals surface area contributed by atoms with Crippen LogP contribution >= 0.6 is 0 Å². The van der Waals surface area contributed by atoms with E-state index < -0.39 is 23.4 Å². The molecule has 2 aromatic heterocycles. The molecule has 0 radical (unpaired) electrons. The van der Waals surface area contributed by atoms with Gasteiger partial charge in [0.2, 0.25) is 0 Å². The molecular formula is C14H7F3N4O2. The lowest BCUT2D eigenvalue weighted by molar-refractivity contribution is 0.0690. The Labute approximate surface area is 126 Å². The van der Waals surface area contributed by atoms with Gasteiger partial charge in [0, 0.05) is 17.7 Å². The van der Waals surface area contributed by atoms with Gasteiger partial charge < -0.3 is 5.11 Å². The fraction of sp³-hybridized carbons (Fsp3) is 0. The second-order valence-electron chi connectivity index (χ2n) is 4.49. The quantitative estimate of drug-likeness (QED) is 0.750. The maximum atomic E-state index is 13.4. The van der Waals surface area contributed by atoms with Gasteiger partial charge >= 0.3 is 5.97 Å². The first-order chi connectivity index (χ1) is 11.0. The lowest BCUT2D eigenvalue weighted by atomic mass is 10.2. The largest absolute Gasteiger partial charge is 0.476 e. The Morgan fingerprint density at radius 3 is 2.35 bits per heavy atom. The number of rotatable bonds is 3. The highest BCUT2D eigenvalue weighted by molar-refractivity contribution is 5.87. The van der Waals surface area contributed by atoms with Gasteiger partial charge in [-0.2, -0.15) is 15.3 Å². The molecule has 3 rings (SSSR count). The average molecular weight is 320 g/mol. The van der Waals surface area contributed by atoms with Crippen LogP contribution in [0.4, 0.5) is 13.2 Å². The van der Waals surface area contributed by atoms with Crippen molar-refractivity contribution in [3.63, 3.8) is 0 Å². The molecule has 0 aliphatic carbocycles. The van der Waals surface area contributed by atoms with Gasteiger partial charge in [-0.15, -0.1) is 0 Å². The highest BCUT2D eigenvalue weighted by Gasteiger charge is 2.19. The van der Waals surface area contributed by atoms with E-state index in [-0.39, 0.29) is 17.1 Å². The van der Waals surface area contributed by atoms with Crippen LogP contribution in [0.3, 0.4) is 0 Å². The van der Waals surface area contributed by atoms with E-state index in [9.17, 15) is 18.0 Å². The normalized spacial score (nSPS) is 10.7. The van der Waals surface area contributed by atoms with E-state index >= 15 is 0 Å². The molecule has 23 heavy (non-hydrogen) atoms. The standard InChI is InChI=1S/C14H7F3N4O2/c15-9-3-8(4-10(16)13(9)17)21-12(5-11(20-21)14(22)23)7-1-2-18-19-6-7/h1-6H,(H,22,23). The number of aromatic nitrogens is 4. The highest BCUT2D eigenvalue weighted by Crippen LogP contribution is 2.25. The fourth-order valence-corrected chi connectivity index (χ4v) is 1.99. The molecule has 1 aromatic carbocycles. The molecule has 2 heterocycles. The highest BCUT2D eigenvalue weighted by atomic mass is 19.2. The van der Waals surface area contributed by atoms with Crippen molar-refractivity contribution in [1.82, 2.24) is 20.0 Å². The third-order valence-electron chi connectivity index (χ3n) is 3.02. The van der Waals surface area contributed by atoms with E-state index in [1.54, 1.807) is 0 Å². The Morgan fingerprint density at radius 2 is 1.78 bits per heavy atom. The molecule has 0 bridgehead atoms. The molecule has 0 aliphatic heterocycles. The smallest absolute Gasteiger partial charge is 0.356 e. The molecule has 0 atom stereocenters. The first kappa shape index (κ1) is 14.7. The van der Waals surface area contributed by atoms with Crippen LogP contribution in [0, 0.1) is 17.5 Å². The zero-order chi connectivity index (χ0) is 16.6. The Hall–Kier alpha value is -3.23. The number of carbonyl (C=O) groups is 1. The maximum Gasteiger partial charge on any atom is 0.356 e. The topological polar surface area (TPSA) is 80.9 Å². The second-order valence-corrected chi connectivity index (χ2v) is 4.49. The first-order valence-corrected chi connectivity index (χ1v) is 6.22. The van der Waals surface area contributed by atoms with Crippen molar-refractivity contribution < 1.29 is 23.1 Å². The third kappa shape index (κ3) is 2.63. The maximum absolute atomic E-state index is 13.4. The van der Waals surface area contributed by atoms with Gasteiger partial charge in [-0.05, 0) is 12.1 Å². The summed E-state index contributed by atoms with van der Waals surface area (Å²) in [6.07, 6.45) is 2.69. The molecule has 1 N–H and O–H groups in total. The zero-order valence-corrected chi connectivity index (χ0v) is 11.2. The van der Waals surface area contributed by atoms with Gasteiger partial charge in [0.15, 0.2) is 23.1 Å². The lowest BCUT2D eigenvalue weighted by Crippen LogP contribution is -2.04. The van der Waals surface area contributed by atoms with Crippen molar-refractivity contribution >= 4 is 5.97 Å². The minimum atomic E-state index is -1.62. The molecule has 0 amide bonds. The number of benzene rings is 1. The van der Waals surface area contributed by atoms with Crippen LogP contribution in [0.5, 0.6) is 0 Å². The number of carboxylic acids is 1. The molecule has 6 nitrogen and oxygen atoms in total. The summed E-state index contributed by atoms with van der Waals surface area (Å²) in [6.45, 7) is 0. The van der Waals surface area contributed by atoms with Gasteiger partial charge in [-0.1, -0.05) is 0 Å². The van der Waals surface area contributed by atoms with E-state index in [1.165, 1.54) is 24.5 Å². The monoisotopic (exact) mass is 320 g/mol. The van der Waals surface area contributed by atoms with Gasteiger partial charge in [-0.3, -0.25) is 0 Å². The Kier molecular flexibility index (Phi) is 3.53. The van der Waals surface area contributed by atoms with Gasteiger partial charge in [0.25, 0.3) is 0 Å². The minimum absolute atomic E-state index is 0.166. The summed E-state index contributed by atoms with van der Waals surface area (Å²) in [5.74, 6) is -5.76. The van der Waals surface area contributed by atoms with E-state index in [0.717, 1.165) is 16.8 Å². The van der Waals surface area contributed by atoms with Crippen molar-refractivity contribution in [2.45, 2.75) is 0 Å². The molecule has 9 heteroatoms. The summed E-state index contributed by atoms with van der Waals surface area (Å²) in [5, 5.41) is 20.1. The molecule has 116 valence electrons. The van der Waals surface area contributed by atoms with E-state index in [4.69, 9.17) is 5.11 Å². The van der Waals surface area contributed by atoms with Crippen LogP contribution in [-0.4, -0.2) is 31.1 Å². The molecule has 0 saturated carbocycles. The van der Waals surface area contributed by atoms with Crippen molar-refractivity contribution in [2.24, 2.45) is 0 Å². The van der Waals surface area contributed by atoms with Crippen LogP contribution in [0.15, 0.2) is 36.7 Å². The molecule has 3 aromatic rings. The summed E-state index contributed by atoms with van der Waals surface area (Å²) in [6, 6.07) is 4.16. The van der Waals surface area contributed by atoms with Crippen LogP contribution in [0.25, 0.3) is 16.9 Å². The van der Waals surface area contributed by atoms with E-state index in [2.05, 4.69) is 15.3 Å². The number of aromatic carboxylic acids is 1. The average Bonchev–Trinajstić information content (AvgIpc) is 2.98. The van der Waals surface area contributed by atoms with Crippen LogP contribution < -0.4 is 0 Å². The number of hydrogen-bond acceptors (Lipinski definition) is 4. The molecule has 0 spiro atoms. The third-order valence-corrected chi connectivity index (χ3v) is 3.02. The number of carboxylic acid groups (broad SMARTS) is 1. The van der Waals surface area contributed by atoms with Crippen molar-refractivity contribution in [1.29, 1.82) is 0 Å². The predicted octanol–water partition coefficient (Wildman–Crippen LogP) is 2.44. The van der Waals surface area contributed by atoms with Crippen molar-refractivity contribution in [2.75, 3.05) is 0 Å². The van der Waals surface area contributed by atoms with E-state index in [0.29, 0.717) is 5.56 Å². The molecule has 0 saturated heterocycles. The summed E-state index contributed by atoms with van der Waals surface area (Å²) in [5.41, 5.74) is 0.121. The molecule has 0 aliphatic rings. The molecule has 0 fully saturated rings. The zero-order valence-electron chi connectivity index (χ0n) is 11.2. The number of halogens is 3. The van der Waals surface area contributed by atoms with Gasteiger partial charge in [-0.25, -0.2) is 22.6 Å². The Balaban J connectivity index is 2.24. The van der Waals surface area contributed by atoms with Crippen LogP contribution in [-0.2, 0) is 0 Å². The van der Waals surface area contributed by atoms with E-state index in [1.807, 2.05) is 0 Å². The summed E-state index contributed by atoms with van der Waals surface area (Å²) >= 11 is 0. The SMILES string of the molecule is O=C(O)c1cc(-c2ccnnc2)n(-c2cc(F)c(F)c(F)c2)n1. The summed E-state index contributed by atoms with van der Waals surface area (Å²) in [7, 11) is 0. The lowest BCUT2D eigenvalue weighted by Gasteiger charge is -2.08. The Bertz CT molecular complexity index is 873. The minimum Gasteiger partial charge on any atom is -0.476 e. The van der Waals surface area contributed by atoms with Crippen LogP contribution in [0.2, 0.25) is 0 Å². The van der Waals surface area contributed by atoms with Crippen molar-refractivity contribution in [3.05, 3.63) is 59.8 Å². The van der Waals surface area contributed by atoms with Gasteiger partial charge in [0.1, 0.15) is 0 Å². The summed E-state index contributed by atoms with van der Waals surface area (Å²) in [4.78, 5) is 11.1. The molecular weight excluding hydrogens is 313 g/mol. The predicted molar refractivity (Wildman–Crippen MR) is 71.4 cm³/mol. The molecule has 0 unspecified atom stereocenters. The Morgan fingerprint density at radius 1 is 1.09 bits per heavy atom. The number of hydrogen-bond donors (Lipinski definition) is 1. The van der Waals surface area contributed by atoms with Crippen LogP contribution in [0.1, 0.15) is 10.5 Å². The second kappa shape index (κ2) is 5.52. The first-order valence-electron chi connectivity index (χ1n) is 6.22. The number of nitrogens with zero attached hydrogens (tertiary/aromatic N) is 4. The van der Waals surface area contributed by atoms with Crippen molar-refractivity contribution in [3.8, 4) is 16.9 Å². The van der Waals surface area contributed by atoms with Gasteiger partial charge in [0.05, 0.1) is 23.8 Å². The fourth-order valence-electron chi connectivity index (χ4n) is 1.99. The summed E-state index contributed by atoms with van der Waals surface area (Å²) < 4.78 is 40.9.